The van der Waals surface area contributed by atoms with Crippen LogP contribution in [0.4, 0.5) is 0 Å². The number of nitrogens with one attached hydrogen (secondary N) is 1. The summed E-state index contributed by atoms with van der Waals surface area (Å²) in [4.78, 5) is 40.8. The van der Waals surface area contributed by atoms with Crippen LogP contribution in [0.5, 0.6) is 0 Å². The van der Waals surface area contributed by atoms with Crippen molar-refractivity contribution in [3.05, 3.63) is 22.5 Å². The summed E-state index contributed by atoms with van der Waals surface area (Å²) in [6, 6.07) is 0. The quantitative estimate of drug-likeness (QED) is 0.866. The van der Waals surface area contributed by atoms with Gasteiger partial charge in [-0.1, -0.05) is 0 Å². The molecule has 1 aromatic rings. The molecular weight excluding hydrogens is 296 g/mol. The van der Waals surface area contributed by atoms with Gasteiger partial charge < -0.3 is 14.6 Å². The molecule has 0 spiro atoms. The number of carbonyl (C=O) groups excluding carboxylic acids is 3. The Hall–Kier alpha value is -2.11. The van der Waals surface area contributed by atoms with E-state index in [0.29, 0.717) is 23.2 Å². The number of ketones is 1. The molecule has 1 aliphatic rings. The molecule has 6 nitrogen and oxygen atoms in total. The Morgan fingerprint density at radius 1 is 1.26 bits per heavy atom. The molecule has 1 amide bonds. The smallest absolute Gasteiger partial charge is 0.326 e. The summed E-state index contributed by atoms with van der Waals surface area (Å²) >= 11 is 0. The average Bonchev–Trinajstić information content (AvgIpc) is 2.74. The Bertz CT molecular complexity index is 652. The van der Waals surface area contributed by atoms with Crippen LogP contribution in [0.2, 0.25) is 0 Å². The number of aromatic nitrogens is 1. The molecule has 0 aliphatic heterocycles. The van der Waals surface area contributed by atoms with Crippen LogP contribution in [0.1, 0.15) is 65.7 Å². The van der Waals surface area contributed by atoms with Gasteiger partial charge in [0.05, 0.1) is 0 Å². The molecule has 0 unspecified atom stereocenters. The predicted molar refractivity (Wildman–Crippen MR) is 85.6 cm³/mol. The largest absolute Gasteiger partial charge is 0.459 e. The number of aryl methyl sites for hydroxylation is 1. The Morgan fingerprint density at radius 2 is 1.91 bits per heavy atom. The summed E-state index contributed by atoms with van der Waals surface area (Å²) in [6.07, 6.45) is 2.09. The number of fused-ring (bicyclic) bond motifs is 1. The average molecular weight is 320 g/mol. The Kier molecular flexibility index (Phi) is 4.63. The molecule has 1 N–H and O–H groups in total. The zero-order chi connectivity index (χ0) is 17.4. The molecule has 0 aromatic carbocycles. The fraction of sp³-hybridized carbons (Fsp3) is 0.588. The third-order valence-corrected chi connectivity index (χ3v) is 3.78. The Balaban J connectivity index is 2.15. The van der Waals surface area contributed by atoms with E-state index in [-0.39, 0.29) is 18.2 Å². The summed E-state index contributed by atoms with van der Waals surface area (Å²) in [5.41, 5.74) is 1.94. The molecule has 0 bridgehead atoms. The van der Waals surface area contributed by atoms with Crippen molar-refractivity contribution in [3.63, 3.8) is 0 Å². The van der Waals surface area contributed by atoms with E-state index in [2.05, 4.69) is 4.98 Å². The maximum absolute atomic E-state index is 12.6. The number of likely N-dealkylation sites (N-methyl/N-ethyl adjacent to an activating group) is 1. The highest BCUT2D eigenvalue weighted by Crippen LogP contribution is 2.27. The third kappa shape index (κ3) is 3.81. The SMILES string of the molecule is Cc1c(C(=O)N(C)CC(=O)OC(C)(C)C)[nH]c2c1C(=O)CCC2. The molecule has 23 heavy (non-hydrogen) atoms. The maximum Gasteiger partial charge on any atom is 0.326 e. The minimum absolute atomic E-state index is 0.0776. The molecule has 2 rings (SSSR count). The van der Waals surface area contributed by atoms with Gasteiger partial charge in [-0.3, -0.25) is 14.4 Å². The second kappa shape index (κ2) is 6.18. The van der Waals surface area contributed by atoms with E-state index in [0.717, 1.165) is 18.5 Å². The molecule has 6 heteroatoms. The van der Waals surface area contributed by atoms with Crippen LogP contribution in [0, 0.1) is 6.92 Å². The topological polar surface area (TPSA) is 79.5 Å². The monoisotopic (exact) mass is 320 g/mol. The first-order chi connectivity index (χ1) is 10.6. The van der Waals surface area contributed by atoms with Crippen LogP contribution in [-0.4, -0.2) is 46.7 Å². The second-order valence-corrected chi connectivity index (χ2v) is 7.00. The van der Waals surface area contributed by atoms with Crippen molar-refractivity contribution in [2.45, 2.75) is 52.6 Å². The first-order valence-corrected chi connectivity index (χ1v) is 7.82. The van der Waals surface area contributed by atoms with Gasteiger partial charge >= 0.3 is 5.97 Å². The van der Waals surface area contributed by atoms with Crippen LogP contribution < -0.4 is 0 Å². The molecule has 126 valence electrons. The Labute approximate surface area is 136 Å². The zero-order valence-corrected chi connectivity index (χ0v) is 14.4. The molecule has 1 aromatic heterocycles. The summed E-state index contributed by atoms with van der Waals surface area (Å²) in [5.74, 6) is -0.692. The minimum Gasteiger partial charge on any atom is -0.459 e. The standard InChI is InChI=1S/C17H24N2O4/c1-10-14-11(7-6-8-12(14)20)18-15(10)16(22)19(5)9-13(21)23-17(2,3)4/h18H,6-9H2,1-5H3. The van der Waals surface area contributed by atoms with E-state index in [9.17, 15) is 14.4 Å². The number of rotatable bonds is 3. The van der Waals surface area contributed by atoms with E-state index < -0.39 is 11.6 Å². The summed E-state index contributed by atoms with van der Waals surface area (Å²) < 4.78 is 5.23. The number of H-pyrrole nitrogens is 1. The van der Waals surface area contributed by atoms with Gasteiger partial charge in [-0.2, -0.15) is 0 Å². The molecule has 0 saturated heterocycles. The second-order valence-electron chi connectivity index (χ2n) is 7.00. The van der Waals surface area contributed by atoms with E-state index in [1.807, 2.05) is 0 Å². The molecular formula is C17H24N2O4. The van der Waals surface area contributed by atoms with Gasteiger partial charge in [0.15, 0.2) is 5.78 Å². The fourth-order valence-corrected chi connectivity index (χ4v) is 2.82. The molecule has 0 fully saturated rings. The zero-order valence-electron chi connectivity index (χ0n) is 14.4. The van der Waals surface area contributed by atoms with Gasteiger partial charge in [-0.25, -0.2) is 0 Å². The van der Waals surface area contributed by atoms with Crippen molar-refractivity contribution < 1.29 is 19.1 Å². The summed E-state index contributed by atoms with van der Waals surface area (Å²) in [6.45, 7) is 6.98. The van der Waals surface area contributed by atoms with Crippen LogP contribution in [0.15, 0.2) is 0 Å². The van der Waals surface area contributed by atoms with Gasteiger partial charge in [0.1, 0.15) is 17.8 Å². The van der Waals surface area contributed by atoms with Crippen LogP contribution in [-0.2, 0) is 16.0 Å². The lowest BCUT2D eigenvalue weighted by Gasteiger charge is -2.22. The van der Waals surface area contributed by atoms with Gasteiger partial charge in [0.25, 0.3) is 5.91 Å². The van der Waals surface area contributed by atoms with Crippen molar-refractivity contribution in [1.82, 2.24) is 9.88 Å². The van der Waals surface area contributed by atoms with Crippen molar-refractivity contribution >= 4 is 17.7 Å². The van der Waals surface area contributed by atoms with Gasteiger partial charge in [-0.05, 0) is 46.1 Å². The van der Waals surface area contributed by atoms with E-state index >= 15 is 0 Å². The number of aromatic amines is 1. The highest BCUT2D eigenvalue weighted by atomic mass is 16.6. The van der Waals surface area contributed by atoms with Crippen LogP contribution >= 0.6 is 0 Å². The summed E-state index contributed by atoms with van der Waals surface area (Å²) in [5, 5.41) is 0. The number of amides is 1. The first-order valence-electron chi connectivity index (χ1n) is 7.82. The van der Waals surface area contributed by atoms with Crippen molar-refractivity contribution in [1.29, 1.82) is 0 Å². The van der Waals surface area contributed by atoms with Crippen molar-refractivity contribution in [3.8, 4) is 0 Å². The molecule has 0 saturated carbocycles. The number of hydrogen-bond donors (Lipinski definition) is 1. The van der Waals surface area contributed by atoms with E-state index in [1.54, 1.807) is 34.7 Å². The molecule has 1 aliphatic carbocycles. The predicted octanol–water partition coefficient (Wildman–Crippen LogP) is 2.26. The fourth-order valence-electron chi connectivity index (χ4n) is 2.82. The van der Waals surface area contributed by atoms with Crippen molar-refractivity contribution in [2.75, 3.05) is 13.6 Å². The number of carbonyl (C=O) groups is 3. The number of esters is 1. The first kappa shape index (κ1) is 17.2. The van der Waals surface area contributed by atoms with Gasteiger partial charge in [0.2, 0.25) is 0 Å². The van der Waals surface area contributed by atoms with Gasteiger partial charge in [0, 0.05) is 24.7 Å². The highest BCUT2D eigenvalue weighted by molar-refractivity contribution is 6.04. The number of nitrogens with zero attached hydrogens (tertiary/aromatic N) is 1. The number of hydrogen-bond acceptors (Lipinski definition) is 4. The Morgan fingerprint density at radius 3 is 2.48 bits per heavy atom. The normalized spacial score (nSPS) is 14.4. The summed E-state index contributed by atoms with van der Waals surface area (Å²) in [7, 11) is 1.55. The molecule has 1 heterocycles. The van der Waals surface area contributed by atoms with Crippen molar-refractivity contribution in [2.24, 2.45) is 0 Å². The van der Waals surface area contributed by atoms with Crippen LogP contribution in [0.25, 0.3) is 0 Å². The van der Waals surface area contributed by atoms with Gasteiger partial charge in [-0.15, -0.1) is 0 Å². The lowest BCUT2D eigenvalue weighted by molar-refractivity contribution is -0.155. The number of Topliss-reactive ketones (excluding diaryl/α,β-unsaturated/α-hetero) is 1. The molecule has 0 atom stereocenters. The van der Waals surface area contributed by atoms with Crippen LogP contribution in [0.3, 0.4) is 0 Å². The number of ether oxygens (including phenoxy) is 1. The molecule has 0 radical (unpaired) electrons. The third-order valence-electron chi connectivity index (χ3n) is 3.78. The van der Waals surface area contributed by atoms with E-state index in [4.69, 9.17) is 4.74 Å². The highest BCUT2D eigenvalue weighted by Gasteiger charge is 2.28. The lowest BCUT2D eigenvalue weighted by Crippen LogP contribution is -2.36. The maximum atomic E-state index is 12.6. The lowest BCUT2D eigenvalue weighted by atomic mass is 9.94. The minimum atomic E-state index is -0.588. The van der Waals surface area contributed by atoms with E-state index in [1.165, 1.54) is 4.90 Å².